The van der Waals surface area contributed by atoms with Crippen LogP contribution in [0, 0.1) is 6.92 Å². The molecule has 3 nitrogen and oxygen atoms in total. The molecule has 17 heavy (non-hydrogen) atoms. The first-order chi connectivity index (χ1) is 8.31. The Labute approximate surface area is 103 Å². The van der Waals surface area contributed by atoms with E-state index < -0.39 is 0 Å². The summed E-state index contributed by atoms with van der Waals surface area (Å²) >= 11 is 0. The van der Waals surface area contributed by atoms with Gasteiger partial charge in [0, 0.05) is 6.54 Å². The molecule has 3 heteroatoms. The summed E-state index contributed by atoms with van der Waals surface area (Å²) in [5.74, 6) is 0. The van der Waals surface area contributed by atoms with E-state index >= 15 is 0 Å². The highest BCUT2D eigenvalue weighted by Gasteiger charge is 2.04. The Bertz CT molecular complexity index is 457. The molecule has 0 fully saturated rings. The van der Waals surface area contributed by atoms with E-state index in [1.807, 2.05) is 19.6 Å². The summed E-state index contributed by atoms with van der Waals surface area (Å²) in [6.07, 6.45) is 4.96. The van der Waals surface area contributed by atoms with Crippen LogP contribution in [0.5, 0.6) is 0 Å². The number of aromatic nitrogens is 2. The van der Waals surface area contributed by atoms with Gasteiger partial charge in [-0.15, -0.1) is 0 Å². The van der Waals surface area contributed by atoms with E-state index in [2.05, 4.69) is 46.1 Å². The van der Waals surface area contributed by atoms with Gasteiger partial charge in [-0.1, -0.05) is 29.8 Å². The lowest BCUT2D eigenvalue weighted by Crippen LogP contribution is -2.11. The third kappa shape index (κ3) is 2.94. The average molecular weight is 229 g/mol. The Morgan fingerprint density at radius 2 is 2.00 bits per heavy atom. The lowest BCUT2D eigenvalue weighted by molar-refractivity contribution is 0.616. The zero-order valence-corrected chi connectivity index (χ0v) is 10.5. The fourth-order valence-corrected chi connectivity index (χ4v) is 1.89. The van der Waals surface area contributed by atoms with Crippen LogP contribution in [-0.4, -0.2) is 23.1 Å². The minimum absolute atomic E-state index is 1.00. The molecule has 1 aromatic heterocycles. The van der Waals surface area contributed by atoms with Gasteiger partial charge < -0.3 is 9.88 Å². The van der Waals surface area contributed by atoms with Gasteiger partial charge in [-0.2, -0.15) is 0 Å². The Morgan fingerprint density at radius 3 is 2.71 bits per heavy atom. The summed E-state index contributed by atoms with van der Waals surface area (Å²) < 4.78 is 2.21. The second kappa shape index (κ2) is 5.64. The van der Waals surface area contributed by atoms with Gasteiger partial charge >= 0.3 is 0 Å². The van der Waals surface area contributed by atoms with Gasteiger partial charge in [0.2, 0.25) is 0 Å². The van der Waals surface area contributed by atoms with E-state index in [0.717, 1.165) is 19.5 Å². The molecule has 2 rings (SSSR count). The lowest BCUT2D eigenvalue weighted by atomic mass is 10.1. The van der Waals surface area contributed by atoms with Crippen LogP contribution in [0.3, 0.4) is 0 Å². The first kappa shape index (κ1) is 11.9. The molecule has 0 radical (unpaired) electrons. The quantitative estimate of drug-likeness (QED) is 0.798. The molecule has 0 spiro atoms. The van der Waals surface area contributed by atoms with Crippen LogP contribution in [0.2, 0.25) is 0 Å². The van der Waals surface area contributed by atoms with Crippen molar-refractivity contribution in [2.45, 2.75) is 19.9 Å². The first-order valence-corrected chi connectivity index (χ1v) is 6.03. The molecule has 0 atom stereocenters. The summed E-state index contributed by atoms with van der Waals surface area (Å²) in [6.45, 7) is 4.14. The first-order valence-electron chi connectivity index (χ1n) is 6.03. The Kier molecular flexibility index (Phi) is 3.94. The molecule has 1 heterocycles. The Morgan fingerprint density at radius 1 is 1.24 bits per heavy atom. The van der Waals surface area contributed by atoms with Crippen molar-refractivity contribution in [2.24, 2.45) is 0 Å². The van der Waals surface area contributed by atoms with Gasteiger partial charge in [0.25, 0.3) is 0 Å². The van der Waals surface area contributed by atoms with Crippen molar-refractivity contribution >= 4 is 0 Å². The molecule has 1 N–H and O–H groups in total. The van der Waals surface area contributed by atoms with Crippen molar-refractivity contribution in [1.82, 2.24) is 14.9 Å². The largest absolute Gasteiger partial charge is 0.331 e. The molecule has 90 valence electrons. The topological polar surface area (TPSA) is 29.9 Å². The van der Waals surface area contributed by atoms with Crippen LogP contribution in [0.4, 0.5) is 0 Å². The predicted molar refractivity (Wildman–Crippen MR) is 70.9 cm³/mol. The standard InChI is InChI=1S/C14H19N3/c1-12-4-6-13(7-5-12)14-10-16-11-17(14)9-3-8-15-2/h4-7,10-11,15H,3,8-9H2,1-2H3. The van der Waals surface area contributed by atoms with Gasteiger partial charge in [0.1, 0.15) is 0 Å². The lowest BCUT2D eigenvalue weighted by Gasteiger charge is -2.08. The molecule has 0 saturated heterocycles. The SMILES string of the molecule is CNCCCn1cncc1-c1ccc(C)cc1. The minimum Gasteiger partial charge on any atom is -0.331 e. The zero-order valence-electron chi connectivity index (χ0n) is 10.5. The molecular formula is C14H19N3. The highest BCUT2D eigenvalue weighted by molar-refractivity contribution is 5.59. The van der Waals surface area contributed by atoms with Gasteiger partial charge in [-0.3, -0.25) is 0 Å². The molecule has 0 saturated carbocycles. The molecule has 0 amide bonds. The van der Waals surface area contributed by atoms with Crippen LogP contribution in [0.25, 0.3) is 11.3 Å². The van der Waals surface area contributed by atoms with Crippen molar-refractivity contribution in [1.29, 1.82) is 0 Å². The Hall–Kier alpha value is -1.61. The monoisotopic (exact) mass is 229 g/mol. The fourth-order valence-electron chi connectivity index (χ4n) is 1.89. The fraction of sp³-hybridized carbons (Fsp3) is 0.357. The molecule has 2 aromatic rings. The second-order valence-corrected chi connectivity index (χ2v) is 4.30. The van der Waals surface area contributed by atoms with Crippen LogP contribution in [0.15, 0.2) is 36.8 Å². The number of hydrogen-bond acceptors (Lipinski definition) is 2. The van der Waals surface area contributed by atoms with Crippen molar-refractivity contribution in [3.8, 4) is 11.3 Å². The van der Waals surface area contributed by atoms with Crippen LogP contribution in [-0.2, 0) is 6.54 Å². The van der Waals surface area contributed by atoms with Crippen LogP contribution < -0.4 is 5.32 Å². The summed E-state index contributed by atoms with van der Waals surface area (Å²) in [7, 11) is 1.98. The van der Waals surface area contributed by atoms with Gasteiger partial charge in [-0.05, 0) is 32.5 Å². The van der Waals surface area contributed by atoms with E-state index in [-0.39, 0.29) is 0 Å². The molecule has 0 aliphatic rings. The molecule has 0 bridgehead atoms. The van der Waals surface area contributed by atoms with Crippen molar-refractivity contribution in [3.05, 3.63) is 42.4 Å². The van der Waals surface area contributed by atoms with Crippen LogP contribution in [0.1, 0.15) is 12.0 Å². The number of imidazole rings is 1. The normalized spacial score (nSPS) is 10.7. The van der Waals surface area contributed by atoms with Gasteiger partial charge in [-0.25, -0.2) is 4.98 Å². The molecule has 1 aromatic carbocycles. The van der Waals surface area contributed by atoms with E-state index in [4.69, 9.17) is 0 Å². The smallest absolute Gasteiger partial charge is 0.0950 e. The molecule has 0 aliphatic carbocycles. The molecule has 0 aliphatic heterocycles. The number of nitrogens with zero attached hydrogens (tertiary/aromatic N) is 2. The van der Waals surface area contributed by atoms with E-state index in [1.165, 1.54) is 16.8 Å². The second-order valence-electron chi connectivity index (χ2n) is 4.30. The summed E-state index contributed by atoms with van der Waals surface area (Å²) in [6, 6.07) is 8.59. The number of hydrogen-bond donors (Lipinski definition) is 1. The van der Waals surface area contributed by atoms with Gasteiger partial charge in [0.15, 0.2) is 0 Å². The molecular weight excluding hydrogens is 210 g/mol. The average Bonchev–Trinajstić information content (AvgIpc) is 2.79. The van der Waals surface area contributed by atoms with E-state index in [1.54, 1.807) is 0 Å². The van der Waals surface area contributed by atoms with E-state index in [0.29, 0.717) is 0 Å². The summed E-state index contributed by atoms with van der Waals surface area (Å²) in [5, 5.41) is 3.16. The van der Waals surface area contributed by atoms with Crippen molar-refractivity contribution in [3.63, 3.8) is 0 Å². The maximum absolute atomic E-state index is 4.24. The third-order valence-electron chi connectivity index (χ3n) is 2.89. The maximum atomic E-state index is 4.24. The number of rotatable bonds is 5. The Balaban J connectivity index is 2.15. The zero-order chi connectivity index (χ0) is 12.1. The highest BCUT2D eigenvalue weighted by atomic mass is 15.0. The number of benzene rings is 1. The third-order valence-corrected chi connectivity index (χ3v) is 2.89. The van der Waals surface area contributed by atoms with Crippen molar-refractivity contribution < 1.29 is 0 Å². The van der Waals surface area contributed by atoms with Crippen LogP contribution >= 0.6 is 0 Å². The van der Waals surface area contributed by atoms with E-state index in [9.17, 15) is 0 Å². The summed E-state index contributed by atoms with van der Waals surface area (Å²) in [4.78, 5) is 4.24. The number of nitrogens with one attached hydrogen (secondary N) is 1. The number of aryl methyl sites for hydroxylation is 2. The highest BCUT2D eigenvalue weighted by Crippen LogP contribution is 2.19. The van der Waals surface area contributed by atoms with Gasteiger partial charge in [0.05, 0.1) is 18.2 Å². The molecule has 0 unspecified atom stereocenters. The maximum Gasteiger partial charge on any atom is 0.0950 e. The van der Waals surface area contributed by atoms with Crippen molar-refractivity contribution in [2.75, 3.05) is 13.6 Å². The minimum atomic E-state index is 1.00. The predicted octanol–water partition coefficient (Wildman–Crippen LogP) is 2.47. The summed E-state index contributed by atoms with van der Waals surface area (Å²) in [5.41, 5.74) is 3.72.